The zero-order valence-corrected chi connectivity index (χ0v) is 14.0. The maximum Gasteiger partial charge on any atom is 0.322 e. The Morgan fingerprint density at radius 2 is 2.25 bits per heavy atom. The molecule has 0 bridgehead atoms. The number of urea groups is 1. The lowest BCUT2D eigenvalue weighted by Gasteiger charge is -2.34. The van der Waals surface area contributed by atoms with Crippen LogP contribution < -0.4 is 10.6 Å². The topological polar surface area (TPSA) is 79.3 Å². The van der Waals surface area contributed by atoms with Crippen LogP contribution in [-0.2, 0) is 4.79 Å². The third-order valence-corrected chi connectivity index (χ3v) is 4.23. The Hall–Kier alpha value is -2.54. The molecule has 2 heterocycles. The second-order valence-electron chi connectivity index (χ2n) is 5.46. The maximum absolute atomic E-state index is 12.5. The fourth-order valence-electron chi connectivity index (χ4n) is 2.72. The van der Waals surface area contributed by atoms with E-state index in [4.69, 9.17) is 11.6 Å². The van der Waals surface area contributed by atoms with Crippen LogP contribution in [-0.4, -0.2) is 45.8 Å². The van der Waals surface area contributed by atoms with Crippen molar-refractivity contribution in [2.45, 2.75) is 19.4 Å². The summed E-state index contributed by atoms with van der Waals surface area (Å²) in [6, 6.07) is 6.55. The standard InChI is InChI=1S/C16H18ClN5O2/c1-2-13-15(23)18-7-8-21(13)16(24)20-11-9-19-22(10-11)14-6-4-3-5-12(14)17/h3-6,9-10,13H,2,7-8H2,1H3,(H,18,23)(H,20,24)/t13-/m0/s1. The summed E-state index contributed by atoms with van der Waals surface area (Å²) < 4.78 is 1.60. The smallest absolute Gasteiger partial charge is 0.322 e. The van der Waals surface area contributed by atoms with Gasteiger partial charge < -0.3 is 15.5 Å². The van der Waals surface area contributed by atoms with Crippen molar-refractivity contribution >= 4 is 29.2 Å². The fraction of sp³-hybridized carbons (Fsp3) is 0.312. The number of carbonyl (C=O) groups excluding carboxylic acids is 2. The molecule has 1 fully saturated rings. The molecule has 0 saturated carbocycles. The first-order valence-electron chi connectivity index (χ1n) is 7.75. The Morgan fingerprint density at radius 1 is 1.46 bits per heavy atom. The van der Waals surface area contributed by atoms with Crippen molar-refractivity contribution in [3.8, 4) is 5.69 Å². The third-order valence-electron chi connectivity index (χ3n) is 3.91. The van der Waals surface area contributed by atoms with Gasteiger partial charge in [0, 0.05) is 13.1 Å². The normalized spacial score (nSPS) is 17.5. The summed E-state index contributed by atoms with van der Waals surface area (Å²) >= 11 is 6.15. The number of para-hydroxylation sites is 1. The van der Waals surface area contributed by atoms with Crippen LogP contribution in [0, 0.1) is 0 Å². The Bertz CT molecular complexity index is 760. The highest BCUT2D eigenvalue weighted by Gasteiger charge is 2.31. The van der Waals surface area contributed by atoms with Gasteiger partial charge in [0.25, 0.3) is 0 Å². The summed E-state index contributed by atoms with van der Waals surface area (Å²) in [6.07, 6.45) is 3.80. The van der Waals surface area contributed by atoms with E-state index in [0.717, 1.165) is 5.69 Å². The molecule has 3 rings (SSSR count). The van der Waals surface area contributed by atoms with Crippen molar-refractivity contribution in [2.75, 3.05) is 18.4 Å². The minimum absolute atomic E-state index is 0.120. The van der Waals surface area contributed by atoms with E-state index in [1.807, 2.05) is 25.1 Å². The molecule has 2 aromatic rings. The van der Waals surface area contributed by atoms with Gasteiger partial charge in [-0.05, 0) is 18.6 Å². The Labute approximate surface area is 144 Å². The van der Waals surface area contributed by atoms with Crippen LogP contribution in [0.2, 0.25) is 5.02 Å². The molecule has 1 aromatic carbocycles. The highest BCUT2D eigenvalue weighted by Crippen LogP contribution is 2.21. The van der Waals surface area contributed by atoms with Gasteiger partial charge in [0.1, 0.15) is 6.04 Å². The molecular formula is C16H18ClN5O2. The SMILES string of the molecule is CC[C@H]1C(=O)NCCN1C(=O)Nc1cnn(-c2ccccc2Cl)c1. The predicted molar refractivity (Wildman–Crippen MR) is 91.4 cm³/mol. The van der Waals surface area contributed by atoms with Crippen molar-refractivity contribution in [3.05, 3.63) is 41.7 Å². The molecule has 1 saturated heterocycles. The molecule has 126 valence electrons. The molecule has 1 atom stereocenters. The Morgan fingerprint density at radius 3 is 3.00 bits per heavy atom. The minimum Gasteiger partial charge on any atom is -0.353 e. The van der Waals surface area contributed by atoms with E-state index in [9.17, 15) is 9.59 Å². The molecule has 3 amide bonds. The van der Waals surface area contributed by atoms with Gasteiger partial charge in [0.2, 0.25) is 5.91 Å². The zero-order valence-electron chi connectivity index (χ0n) is 13.2. The Kier molecular flexibility index (Phi) is 4.71. The van der Waals surface area contributed by atoms with Gasteiger partial charge in [-0.1, -0.05) is 30.7 Å². The third kappa shape index (κ3) is 3.21. The number of rotatable bonds is 3. The fourth-order valence-corrected chi connectivity index (χ4v) is 2.94. The Balaban J connectivity index is 1.74. The molecule has 0 unspecified atom stereocenters. The van der Waals surface area contributed by atoms with Crippen LogP contribution >= 0.6 is 11.6 Å². The number of amides is 3. The molecule has 8 heteroatoms. The first kappa shape index (κ1) is 16.3. The van der Waals surface area contributed by atoms with Crippen molar-refractivity contribution in [1.82, 2.24) is 20.0 Å². The summed E-state index contributed by atoms with van der Waals surface area (Å²) in [4.78, 5) is 25.9. The quantitative estimate of drug-likeness (QED) is 0.893. The molecular weight excluding hydrogens is 330 g/mol. The van der Waals surface area contributed by atoms with E-state index in [1.54, 1.807) is 28.0 Å². The predicted octanol–water partition coefficient (Wildman–Crippen LogP) is 2.27. The molecule has 1 aliphatic heterocycles. The van der Waals surface area contributed by atoms with E-state index in [0.29, 0.717) is 30.2 Å². The molecule has 0 aliphatic carbocycles. The second-order valence-corrected chi connectivity index (χ2v) is 5.87. The summed E-state index contributed by atoms with van der Waals surface area (Å²) in [6.45, 7) is 2.82. The van der Waals surface area contributed by atoms with Gasteiger partial charge in [-0.2, -0.15) is 5.10 Å². The first-order valence-corrected chi connectivity index (χ1v) is 8.13. The molecule has 1 aromatic heterocycles. The van der Waals surface area contributed by atoms with E-state index in [-0.39, 0.29) is 11.9 Å². The zero-order chi connectivity index (χ0) is 17.1. The number of hydrogen-bond acceptors (Lipinski definition) is 3. The molecule has 0 spiro atoms. The first-order chi connectivity index (χ1) is 11.6. The molecule has 2 N–H and O–H groups in total. The number of aromatic nitrogens is 2. The van der Waals surface area contributed by atoms with Crippen LogP contribution in [0.1, 0.15) is 13.3 Å². The van der Waals surface area contributed by atoms with E-state index >= 15 is 0 Å². The average molecular weight is 348 g/mol. The molecule has 1 aliphatic rings. The molecule has 0 radical (unpaired) electrons. The summed E-state index contributed by atoms with van der Waals surface area (Å²) in [5.74, 6) is -0.120. The van der Waals surface area contributed by atoms with Gasteiger partial charge in [0.15, 0.2) is 0 Å². The van der Waals surface area contributed by atoms with E-state index in [2.05, 4.69) is 15.7 Å². The van der Waals surface area contributed by atoms with Gasteiger partial charge in [-0.15, -0.1) is 0 Å². The summed E-state index contributed by atoms with van der Waals surface area (Å²) in [5, 5.41) is 10.3. The largest absolute Gasteiger partial charge is 0.353 e. The number of hydrogen-bond donors (Lipinski definition) is 2. The maximum atomic E-state index is 12.5. The van der Waals surface area contributed by atoms with Crippen LogP contribution in [0.3, 0.4) is 0 Å². The molecule has 7 nitrogen and oxygen atoms in total. The van der Waals surface area contributed by atoms with Crippen LogP contribution in [0.4, 0.5) is 10.5 Å². The summed E-state index contributed by atoms with van der Waals surface area (Å²) in [5.41, 5.74) is 1.27. The number of piperazine rings is 1. The number of carbonyl (C=O) groups is 2. The lowest BCUT2D eigenvalue weighted by molar-refractivity contribution is -0.127. The average Bonchev–Trinajstić information content (AvgIpc) is 3.03. The lowest BCUT2D eigenvalue weighted by Crippen LogP contribution is -2.57. The highest BCUT2D eigenvalue weighted by atomic mass is 35.5. The van der Waals surface area contributed by atoms with Crippen molar-refractivity contribution in [2.24, 2.45) is 0 Å². The number of benzene rings is 1. The van der Waals surface area contributed by atoms with Gasteiger partial charge in [-0.3, -0.25) is 4.79 Å². The lowest BCUT2D eigenvalue weighted by atomic mass is 10.1. The van der Waals surface area contributed by atoms with Crippen molar-refractivity contribution < 1.29 is 9.59 Å². The van der Waals surface area contributed by atoms with Gasteiger partial charge >= 0.3 is 6.03 Å². The number of halogens is 1. The van der Waals surface area contributed by atoms with Crippen LogP contribution in [0.5, 0.6) is 0 Å². The molecule has 24 heavy (non-hydrogen) atoms. The van der Waals surface area contributed by atoms with E-state index in [1.165, 1.54) is 0 Å². The van der Waals surface area contributed by atoms with Crippen LogP contribution in [0.15, 0.2) is 36.7 Å². The van der Waals surface area contributed by atoms with Gasteiger partial charge in [0.05, 0.1) is 28.8 Å². The van der Waals surface area contributed by atoms with E-state index < -0.39 is 6.04 Å². The number of anilines is 1. The van der Waals surface area contributed by atoms with Crippen molar-refractivity contribution in [1.29, 1.82) is 0 Å². The highest BCUT2D eigenvalue weighted by molar-refractivity contribution is 6.32. The second kappa shape index (κ2) is 6.92. The number of nitrogens with zero attached hydrogens (tertiary/aromatic N) is 3. The van der Waals surface area contributed by atoms with Crippen LogP contribution in [0.25, 0.3) is 5.69 Å². The minimum atomic E-state index is -0.447. The summed E-state index contributed by atoms with van der Waals surface area (Å²) in [7, 11) is 0. The number of nitrogens with one attached hydrogen (secondary N) is 2. The van der Waals surface area contributed by atoms with Crippen molar-refractivity contribution in [3.63, 3.8) is 0 Å². The monoisotopic (exact) mass is 347 g/mol. The van der Waals surface area contributed by atoms with Gasteiger partial charge in [-0.25, -0.2) is 9.48 Å².